The summed E-state index contributed by atoms with van der Waals surface area (Å²) < 4.78 is 5.12. The van der Waals surface area contributed by atoms with Crippen LogP contribution in [0.15, 0.2) is 24.3 Å². The summed E-state index contributed by atoms with van der Waals surface area (Å²) >= 11 is 0. The van der Waals surface area contributed by atoms with Crippen molar-refractivity contribution < 1.29 is 19.4 Å². The average Bonchev–Trinajstić information content (AvgIpc) is 2.35. The molecule has 0 aromatic heterocycles. The maximum absolute atomic E-state index is 11.8. The second-order valence-corrected chi connectivity index (χ2v) is 5.53. The second-order valence-electron chi connectivity index (χ2n) is 5.53. The van der Waals surface area contributed by atoms with E-state index in [0.717, 1.165) is 0 Å². The maximum atomic E-state index is 11.8. The zero-order valence-corrected chi connectivity index (χ0v) is 12.2. The van der Waals surface area contributed by atoms with Gasteiger partial charge in [-0.1, -0.05) is 12.1 Å². The molecule has 0 unspecified atom stereocenters. The molecule has 0 fully saturated rings. The fourth-order valence-corrected chi connectivity index (χ4v) is 1.70. The fraction of sp³-hybridized carbons (Fsp3) is 0.400. The van der Waals surface area contributed by atoms with Gasteiger partial charge in [-0.05, 0) is 38.5 Å². The molecule has 0 bridgehead atoms. The van der Waals surface area contributed by atoms with Gasteiger partial charge in [0.1, 0.15) is 5.60 Å². The van der Waals surface area contributed by atoms with E-state index in [-0.39, 0.29) is 6.42 Å². The number of ether oxygens (including phenoxy) is 1. The van der Waals surface area contributed by atoms with Gasteiger partial charge < -0.3 is 15.2 Å². The third kappa shape index (κ3) is 5.95. The van der Waals surface area contributed by atoms with Crippen LogP contribution in [0.5, 0.6) is 0 Å². The lowest BCUT2D eigenvalue weighted by molar-refractivity contribution is -0.137. The Morgan fingerprint density at radius 2 is 2.10 bits per heavy atom. The van der Waals surface area contributed by atoms with Crippen LogP contribution in [0.3, 0.4) is 0 Å². The highest BCUT2D eigenvalue weighted by Gasteiger charge is 2.22. The number of amides is 1. The van der Waals surface area contributed by atoms with Crippen molar-refractivity contribution >= 4 is 12.1 Å². The third-order valence-electron chi connectivity index (χ3n) is 2.49. The molecule has 0 saturated heterocycles. The summed E-state index contributed by atoms with van der Waals surface area (Å²) in [7, 11) is 0. The Kier molecular flexibility index (Phi) is 5.30. The zero-order valence-electron chi connectivity index (χ0n) is 12.2. The lowest BCUT2D eigenvalue weighted by Crippen LogP contribution is -2.35. The Bertz CT molecular complexity index is 570. The molecule has 1 amide bonds. The molecule has 0 radical (unpaired) electrons. The van der Waals surface area contributed by atoms with Crippen molar-refractivity contribution in [2.45, 2.75) is 38.8 Å². The highest BCUT2D eigenvalue weighted by atomic mass is 16.6. The molecule has 0 aliphatic heterocycles. The highest BCUT2D eigenvalue weighted by molar-refractivity contribution is 5.72. The van der Waals surface area contributed by atoms with E-state index < -0.39 is 23.7 Å². The van der Waals surface area contributed by atoms with Crippen LogP contribution in [0, 0.1) is 11.3 Å². The number of hydrogen-bond donors (Lipinski definition) is 2. The van der Waals surface area contributed by atoms with E-state index in [2.05, 4.69) is 5.32 Å². The number of rotatable bonds is 4. The van der Waals surface area contributed by atoms with Crippen molar-refractivity contribution in [3.63, 3.8) is 0 Å². The van der Waals surface area contributed by atoms with Gasteiger partial charge in [-0.15, -0.1) is 0 Å². The lowest BCUT2D eigenvalue weighted by Gasteiger charge is -2.23. The van der Waals surface area contributed by atoms with Crippen molar-refractivity contribution in [3.8, 4) is 6.07 Å². The number of aliphatic carboxylic acids is 1. The SMILES string of the molecule is CC(C)(C)OC(=O)N[C@@H](CC(=O)O)c1cccc(C#N)c1. The highest BCUT2D eigenvalue weighted by Crippen LogP contribution is 2.19. The summed E-state index contributed by atoms with van der Waals surface area (Å²) in [5.74, 6) is -1.06. The first-order valence-electron chi connectivity index (χ1n) is 6.42. The summed E-state index contributed by atoms with van der Waals surface area (Å²) in [6, 6.07) is 7.67. The number of hydrogen-bond acceptors (Lipinski definition) is 4. The summed E-state index contributed by atoms with van der Waals surface area (Å²) in [5.41, 5.74) is 0.267. The summed E-state index contributed by atoms with van der Waals surface area (Å²) in [4.78, 5) is 22.7. The van der Waals surface area contributed by atoms with Crippen molar-refractivity contribution in [2.75, 3.05) is 0 Å². The molecule has 112 valence electrons. The number of carbonyl (C=O) groups excluding carboxylic acids is 1. The maximum Gasteiger partial charge on any atom is 0.408 e. The minimum atomic E-state index is -1.06. The van der Waals surface area contributed by atoms with Crippen LogP contribution in [-0.4, -0.2) is 22.8 Å². The van der Waals surface area contributed by atoms with E-state index in [1.54, 1.807) is 45.0 Å². The van der Waals surface area contributed by atoms with Gasteiger partial charge in [0, 0.05) is 0 Å². The number of alkyl carbamates (subject to hydrolysis) is 1. The van der Waals surface area contributed by atoms with E-state index >= 15 is 0 Å². The molecule has 1 rings (SSSR count). The molecule has 0 saturated carbocycles. The van der Waals surface area contributed by atoms with Crippen molar-refractivity contribution in [2.24, 2.45) is 0 Å². The van der Waals surface area contributed by atoms with Gasteiger partial charge in [0.2, 0.25) is 0 Å². The number of carboxylic acid groups (broad SMARTS) is 1. The number of nitrogens with zero attached hydrogens (tertiary/aromatic N) is 1. The molecule has 1 aromatic rings. The molecule has 0 aliphatic carbocycles. The van der Waals surface area contributed by atoms with E-state index in [0.29, 0.717) is 11.1 Å². The summed E-state index contributed by atoms with van der Waals surface area (Å²) in [5, 5.41) is 20.4. The van der Waals surface area contributed by atoms with E-state index in [4.69, 9.17) is 15.1 Å². The molecule has 0 aliphatic rings. The molecule has 6 heteroatoms. The lowest BCUT2D eigenvalue weighted by atomic mass is 10.0. The Hall–Kier alpha value is -2.55. The predicted octanol–water partition coefficient (Wildman–Crippen LogP) is 2.60. The minimum absolute atomic E-state index is 0.297. The van der Waals surface area contributed by atoms with Crippen LogP contribution in [0.4, 0.5) is 4.79 Å². The predicted molar refractivity (Wildman–Crippen MR) is 75.5 cm³/mol. The standard InChI is InChI=1S/C15H18N2O4/c1-15(2,3)21-14(20)17-12(8-13(18)19)11-6-4-5-10(7-11)9-16/h4-7,12H,8H2,1-3H3,(H,17,20)(H,18,19)/t12-/m0/s1. The zero-order chi connectivity index (χ0) is 16.0. The topological polar surface area (TPSA) is 99.4 Å². The van der Waals surface area contributed by atoms with Crippen LogP contribution in [-0.2, 0) is 9.53 Å². The molecular formula is C15H18N2O4. The number of benzene rings is 1. The minimum Gasteiger partial charge on any atom is -0.481 e. The monoisotopic (exact) mass is 290 g/mol. The number of nitrogens with one attached hydrogen (secondary N) is 1. The normalized spacial score (nSPS) is 12.1. The van der Waals surface area contributed by atoms with Crippen LogP contribution >= 0.6 is 0 Å². The van der Waals surface area contributed by atoms with Gasteiger partial charge in [-0.25, -0.2) is 4.79 Å². The number of nitriles is 1. The smallest absolute Gasteiger partial charge is 0.408 e. The summed E-state index contributed by atoms with van der Waals surface area (Å²) in [6.45, 7) is 5.15. The second kappa shape index (κ2) is 6.75. The molecule has 1 aromatic carbocycles. The number of carboxylic acids is 1. The van der Waals surface area contributed by atoms with Gasteiger partial charge in [-0.2, -0.15) is 5.26 Å². The Morgan fingerprint density at radius 1 is 1.43 bits per heavy atom. The Balaban J connectivity index is 2.93. The third-order valence-corrected chi connectivity index (χ3v) is 2.49. The van der Waals surface area contributed by atoms with Gasteiger partial charge in [-0.3, -0.25) is 4.79 Å². The fourth-order valence-electron chi connectivity index (χ4n) is 1.70. The van der Waals surface area contributed by atoms with Gasteiger partial charge in [0.05, 0.1) is 24.1 Å². The Morgan fingerprint density at radius 3 is 2.62 bits per heavy atom. The van der Waals surface area contributed by atoms with Crippen molar-refractivity contribution in [1.82, 2.24) is 5.32 Å². The molecule has 0 spiro atoms. The van der Waals surface area contributed by atoms with Gasteiger partial charge >= 0.3 is 12.1 Å². The largest absolute Gasteiger partial charge is 0.481 e. The van der Waals surface area contributed by atoms with E-state index in [1.165, 1.54) is 0 Å². The average molecular weight is 290 g/mol. The van der Waals surface area contributed by atoms with Crippen LogP contribution < -0.4 is 5.32 Å². The van der Waals surface area contributed by atoms with Crippen molar-refractivity contribution in [3.05, 3.63) is 35.4 Å². The molecule has 0 heterocycles. The molecule has 1 atom stereocenters. The molecular weight excluding hydrogens is 272 g/mol. The van der Waals surface area contributed by atoms with E-state index in [1.807, 2.05) is 6.07 Å². The first kappa shape index (κ1) is 16.5. The van der Waals surface area contributed by atoms with Crippen LogP contribution in [0.25, 0.3) is 0 Å². The summed E-state index contributed by atoms with van der Waals surface area (Å²) in [6.07, 6.45) is -0.996. The van der Waals surface area contributed by atoms with E-state index in [9.17, 15) is 9.59 Å². The molecule has 6 nitrogen and oxygen atoms in total. The van der Waals surface area contributed by atoms with Gasteiger partial charge in [0.15, 0.2) is 0 Å². The first-order chi connectivity index (χ1) is 9.71. The van der Waals surface area contributed by atoms with Crippen molar-refractivity contribution in [1.29, 1.82) is 5.26 Å². The quantitative estimate of drug-likeness (QED) is 0.887. The van der Waals surface area contributed by atoms with Crippen LogP contribution in [0.1, 0.15) is 44.4 Å². The number of carbonyl (C=O) groups is 2. The molecule has 2 N–H and O–H groups in total. The van der Waals surface area contributed by atoms with Gasteiger partial charge in [0.25, 0.3) is 0 Å². The molecule has 21 heavy (non-hydrogen) atoms. The first-order valence-corrected chi connectivity index (χ1v) is 6.42. The Labute approximate surface area is 123 Å². The van der Waals surface area contributed by atoms with Crippen LogP contribution in [0.2, 0.25) is 0 Å².